The maximum Gasteiger partial charge on any atom is 0.238 e. The SMILES string of the molecule is Cc1ccc(NC(=O)CN2CCOCC2)cc1Br.Cl. The number of carbonyl (C=O) groups excluding carboxylic acids is 1. The topological polar surface area (TPSA) is 41.6 Å². The minimum atomic E-state index is 0. The first-order chi connectivity index (χ1) is 8.65. The zero-order valence-corrected chi connectivity index (χ0v) is 13.2. The van der Waals surface area contributed by atoms with Crippen molar-refractivity contribution in [2.45, 2.75) is 6.92 Å². The number of hydrogen-bond acceptors (Lipinski definition) is 3. The molecule has 0 spiro atoms. The van der Waals surface area contributed by atoms with E-state index < -0.39 is 0 Å². The van der Waals surface area contributed by atoms with Gasteiger partial charge in [-0.1, -0.05) is 22.0 Å². The third-order valence-electron chi connectivity index (χ3n) is 2.93. The summed E-state index contributed by atoms with van der Waals surface area (Å²) >= 11 is 3.46. The van der Waals surface area contributed by atoms with Crippen LogP contribution in [0.2, 0.25) is 0 Å². The van der Waals surface area contributed by atoms with Crippen molar-refractivity contribution in [3.63, 3.8) is 0 Å². The average Bonchev–Trinajstić information content (AvgIpc) is 2.35. The first-order valence-electron chi connectivity index (χ1n) is 6.01. The predicted octanol–water partition coefficient (Wildman–Crippen LogP) is 2.45. The molecule has 2 rings (SSSR count). The second kappa shape index (κ2) is 7.85. The van der Waals surface area contributed by atoms with Crippen LogP contribution >= 0.6 is 28.3 Å². The van der Waals surface area contributed by atoms with Crippen LogP contribution in [0.4, 0.5) is 5.69 Å². The van der Waals surface area contributed by atoms with Crippen LogP contribution in [0.3, 0.4) is 0 Å². The van der Waals surface area contributed by atoms with Gasteiger partial charge in [-0.05, 0) is 24.6 Å². The van der Waals surface area contributed by atoms with Crippen molar-refractivity contribution in [1.82, 2.24) is 4.90 Å². The first kappa shape index (κ1) is 16.4. The number of hydrogen-bond donors (Lipinski definition) is 1. The molecule has 19 heavy (non-hydrogen) atoms. The molecule has 0 aliphatic carbocycles. The fourth-order valence-electron chi connectivity index (χ4n) is 1.83. The number of benzene rings is 1. The van der Waals surface area contributed by atoms with Crippen molar-refractivity contribution < 1.29 is 9.53 Å². The van der Waals surface area contributed by atoms with Gasteiger partial charge in [-0.2, -0.15) is 0 Å². The summed E-state index contributed by atoms with van der Waals surface area (Å²) in [5.74, 6) is 0.0210. The zero-order chi connectivity index (χ0) is 13.0. The van der Waals surface area contributed by atoms with E-state index in [1.165, 1.54) is 0 Å². The van der Waals surface area contributed by atoms with Gasteiger partial charge in [0.05, 0.1) is 19.8 Å². The van der Waals surface area contributed by atoms with Crippen molar-refractivity contribution in [2.24, 2.45) is 0 Å². The van der Waals surface area contributed by atoms with Gasteiger partial charge in [-0.3, -0.25) is 9.69 Å². The number of morpholine rings is 1. The molecule has 4 nitrogen and oxygen atoms in total. The highest BCUT2D eigenvalue weighted by atomic mass is 79.9. The molecule has 1 amide bonds. The van der Waals surface area contributed by atoms with E-state index in [1.54, 1.807) is 0 Å². The summed E-state index contributed by atoms with van der Waals surface area (Å²) in [7, 11) is 0. The quantitative estimate of drug-likeness (QED) is 0.911. The average molecular weight is 350 g/mol. The molecule has 0 unspecified atom stereocenters. The molecule has 1 N–H and O–H groups in total. The molecule has 0 radical (unpaired) electrons. The van der Waals surface area contributed by atoms with Crippen LogP contribution in [0, 0.1) is 6.92 Å². The van der Waals surface area contributed by atoms with Crippen molar-refractivity contribution in [3.05, 3.63) is 28.2 Å². The normalized spacial score (nSPS) is 15.7. The molecule has 1 aromatic rings. The van der Waals surface area contributed by atoms with Crippen LogP contribution in [-0.4, -0.2) is 43.7 Å². The smallest absolute Gasteiger partial charge is 0.238 e. The summed E-state index contributed by atoms with van der Waals surface area (Å²) in [6, 6.07) is 5.82. The molecule has 1 aromatic carbocycles. The summed E-state index contributed by atoms with van der Waals surface area (Å²) in [4.78, 5) is 14.0. The molecule has 0 aromatic heterocycles. The van der Waals surface area contributed by atoms with Crippen molar-refractivity contribution >= 4 is 39.9 Å². The van der Waals surface area contributed by atoms with Gasteiger partial charge in [0.2, 0.25) is 5.91 Å². The molecule has 0 atom stereocenters. The van der Waals surface area contributed by atoms with Crippen molar-refractivity contribution in [3.8, 4) is 0 Å². The molecule has 1 saturated heterocycles. The summed E-state index contributed by atoms with van der Waals surface area (Å²) in [6.07, 6.45) is 0. The molecule has 106 valence electrons. The van der Waals surface area contributed by atoms with Crippen LogP contribution in [0.1, 0.15) is 5.56 Å². The van der Waals surface area contributed by atoms with E-state index in [-0.39, 0.29) is 18.3 Å². The lowest BCUT2D eigenvalue weighted by molar-refractivity contribution is -0.118. The van der Waals surface area contributed by atoms with E-state index in [0.717, 1.165) is 28.8 Å². The highest BCUT2D eigenvalue weighted by molar-refractivity contribution is 9.10. The molecule has 1 fully saturated rings. The van der Waals surface area contributed by atoms with E-state index >= 15 is 0 Å². The number of amides is 1. The van der Waals surface area contributed by atoms with E-state index in [9.17, 15) is 4.79 Å². The molecule has 0 bridgehead atoms. The van der Waals surface area contributed by atoms with Crippen LogP contribution < -0.4 is 5.32 Å². The Labute approximate surface area is 128 Å². The molecular formula is C13H18BrClN2O2. The van der Waals surface area contributed by atoms with Gasteiger partial charge in [0.1, 0.15) is 0 Å². The Hall–Kier alpha value is -0.620. The fraction of sp³-hybridized carbons (Fsp3) is 0.462. The van der Waals surface area contributed by atoms with Crippen LogP contribution in [0.25, 0.3) is 0 Å². The lowest BCUT2D eigenvalue weighted by Crippen LogP contribution is -2.41. The third-order valence-corrected chi connectivity index (χ3v) is 3.78. The van der Waals surface area contributed by atoms with Crippen molar-refractivity contribution in [1.29, 1.82) is 0 Å². The van der Waals surface area contributed by atoms with Gasteiger partial charge >= 0.3 is 0 Å². The van der Waals surface area contributed by atoms with E-state index in [0.29, 0.717) is 19.8 Å². The number of halogens is 2. The Kier molecular flexibility index (Phi) is 6.79. The number of anilines is 1. The van der Waals surface area contributed by atoms with Gasteiger partial charge in [0, 0.05) is 23.2 Å². The van der Waals surface area contributed by atoms with Crippen LogP contribution in [0.5, 0.6) is 0 Å². The summed E-state index contributed by atoms with van der Waals surface area (Å²) < 4.78 is 6.26. The lowest BCUT2D eigenvalue weighted by atomic mass is 10.2. The number of aryl methyl sites for hydroxylation is 1. The number of carbonyl (C=O) groups is 1. The zero-order valence-electron chi connectivity index (χ0n) is 10.8. The number of rotatable bonds is 3. The highest BCUT2D eigenvalue weighted by Gasteiger charge is 2.14. The first-order valence-corrected chi connectivity index (χ1v) is 6.80. The Balaban J connectivity index is 0.00000180. The predicted molar refractivity (Wildman–Crippen MR) is 82.0 cm³/mol. The maximum atomic E-state index is 11.9. The Morgan fingerprint density at radius 3 is 2.74 bits per heavy atom. The number of nitrogens with one attached hydrogen (secondary N) is 1. The molecule has 1 aliphatic heterocycles. The fourth-order valence-corrected chi connectivity index (χ4v) is 2.21. The summed E-state index contributed by atoms with van der Waals surface area (Å²) in [5, 5.41) is 2.91. The molecular weight excluding hydrogens is 332 g/mol. The van der Waals surface area contributed by atoms with E-state index in [4.69, 9.17) is 4.74 Å². The van der Waals surface area contributed by atoms with Gasteiger partial charge < -0.3 is 10.1 Å². The number of nitrogens with zero attached hydrogens (tertiary/aromatic N) is 1. The monoisotopic (exact) mass is 348 g/mol. The van der Waals surface area contributed by atoms with Gasteiger partial charge in [0.25, 0.3) is 0 Å². The van der Waals surface area contributed by atoms with Gasteiger partial charge in [-0.25, -0.2) is 0 Å². The van der Waals surface area contributed by atoms with E-state index in [2.05, 4.69) is 26.1 Å². The third kappa shape index (κ3) is 5.10. The largest absolute Gasteiger partial charge is 0.379 e. The molecule has 1 aliphatic rings. The molecule has 1 heterocycles. The molecule has 6 heteroatoms. The van der Waals surface area contributed by atoms with Crippen molar-refractivity contribution in [2.75, 3.05) is 38.2 Å². The lowest BCUT2D eigenvalue weighted by Gasteiger charge is -2.25. The van der Waals surface area contributed by atoms with Gasteiger partial charge in [0.15, 0.2) is 0 Å². The Morgan fingerprint density at radius 2 is 2.11 bits per heavy atom. The second-order valence-corrected chi connectivity index (χ2v) is 5.25. The highest BCUT2D eigenvalue weighted by Crippen LogP contribution is 2.20. The second-order valence-electron chi connectivity index (χ2n) is 4.40. The standard InChI is InChI=1S/C13H17BrN2O2.ClH/c1-10-2-3-11(8-12(10)14)15-13(17)9-16-4-6-18-7-5-16;/h2-3,8H,4-7,9H2,1H3,(H,15,17);1H. The van der Waals surface area contributed by atoms with E-state index in [1.807, 2.05) is 25.1 Å². The minimum Gasteiger partial charge on any atom is -0.379 e. The van der Waals surface area contributed by atoms with Crippen LogP contribution in [-0.2, 0) is 9.53 Å². The van der Waals surface area contributed by atoms with Gasteiger partial charge in [-0.15, -0.1) is 12.4 Å². The Morgan fingerprint density at radius 1 is 1.42 bits per heavy atom. The number of ether oxygens (including phenoxy) is 1. The Bertz CT molecular complexity index is 437. The summed E-state index contributed by atoms with van der Waals surface area (Å²) in [6.45, 7) is 5.51. The minimum absolute atomic E-state index is 0. The summed E-state index contributed by atoms with van der Waals surface area (Å²) in [5.41, 5.74) is 1.98. The van der Waals surface area contributed by atoms with Crippen LogP contribution in [0.15, 0.2) is 22.7 Å². The molecule has 0 saturated carbocycles. The maximum absolute atomic E-state index is 11.9.